The number of hydrogen-bond donors (Lipinski definition) is 1. The van der Waals surface area contributed by atoms with Crippen LogP contribution in [0.2, 0.25) is 0 Å². The van der Waals surface area contributed by atoms with Crippen molar-refractivity contribution < 1.29 is 4.39 Å². The molecule has 2 aromatic rings. The lowest BCUT2D eigenvalue weighted by atomic mass is 9.98. The molecule has 0 heterocycles. The van der Waals surface area contributed by atoms with Gasteiger partial charge in [-0.2, -0.15) is 0 Å². The molecule has 1 unspecified atom stereocenters. The van der Waals surface area contributed by atoms with Gasteiger partial charge in [0.05, 0.1) is 0 Å². The SMILES string of the molecule is CCCNC(CC)c1ccc(-c2ccc(F)c(C)c2)cc1. The van der Waals surface area contributed by atoms with Gasteiger partial charge in [-0.3, -0.25) is 0 Å². The lowest BCUT2D eigenvalue weighted by molar-refractivity contribution is 0.518. The minimum absolute atomic E-state index is 0.148. The van der Waals surface area contributed by atoms with E-state index in [0.717, 1.165) is 30.5 Å². The van der Waals surface area contributed by atoms with Crippen molar-refractivity contribution in [1.29, 1.82) is 0 Å². The quantitative estimate of drug-likeness (QED) is 0.764. The third-order valence-corrected chi connectivity index (χ3v) is 3.85. The Labute approximate surface area is 127 Å². The fourth-order valence-corrected chi connectivity index (χ4v) is 2.55. The summed E-state index contributed by atoms with van der Waals surface area (Å²) in [7, 11) is 0. The summed E-state index contributed by atoms with van der Waals surface area (Å²) in [6, 6.07) is 14.3. The molecule has 0 spiro atoms. The maximum Gasteiger partial charge on any atom is 0.126 e. The molecule has 21 heavy (non-hydrogen) atoms. The minimum atomic E-state index is -0.148. The van der Waals surface area contributed by atoms with Crippen molar-refractivity contribution in [3.05, 3.63) is 59.4 Å². The lowest BCUT2D eigenvalue weighted by Crippen LogP contribution is -2.21. The number of hydrogen-bond acceptors (Lipinski definition) is 1. The topological polar surface area (TPSA) is 12.0 Å². The van der Waals surface area contributed by atoms with Crippen molar-refractivity contribution in [2.24, 2.45) is 0 Å². The first-order valence-corrected chi connectivity index (χ1v) is 7.75. The molecule has 1 atom stereocenters. The summed E-state index contributed by atoms with van der Waals surface area (Å²) in [6.45, 7) is 7.22. The highest BCUT2D eigenvalue weighted by Gasteiger charge is 2.08. The number of benzene rings is 2. The zero-order valence-corrected chi connectivity index (χ0v) is 13.1. The monoisotopic (exact) mass is 285 g/mol. The van der Waals surface area contributed by atoms with Crippen molar-refractivity contribution in [3.63, 3.8) is 0 Å². The molecule has 2 heteroatoms. The molecule has 0 amide bonds. The summed E-state index contributed by atoms with van der Waals surface area (Å²) >= 11 is 0. The summed E-state index contributed by atoms with van der Waals surface area (Å²) < 4.78 is 13.3. The highest BCUT2D eigenvalue weighted by atomic mass is 19.1. The van der Waals surface area contributed by atoms with Gasteiger partial charge in [0.25, 0.3) is 0 Å². The molecular formula is C19H24FN. The van der Waals surface area contributed by atoms with Crippen molar-refractivity contribution in [2.75, 3.05) is 6.54 Å². The summed E-state index contributed by atoms with van der Waals surface area (Å²) in [5, 5.41) is 3.56. The van der Waals surface area contributed by atoms with Crippen molar-refractivity contribution in [1.82, 2.24) is 5.32 Å². The molecule has 0 bridgehead atoms. The van der Waals surface area contributed by atoms with Gasteiger partial charge in [0, 0.05) is 6.04 Å². The van der Waals surface area contributed by atoms with Crippen molar-refractivity contribution in [2.45, 2.75) is 39.7 Å². The van der Waals surface area contributed by atoms with E-state index in [2.05, 4.69) is 43.4 Å². The maximum atomic E-state index is 13.3. The highest BCUT2D eigenvalue weighted by molar-refractivity contribution is 5.64. The average Bonchev–Trinajstić information content (AvgIpc) is 2.51. The van der Waals surface area contributed by atoms with E-state index in [0.29, 0.717) is 11.6 Å². The molecular weight excluding hydrogens is 261 g/mol. The molecule has 2 rings (SSSR count). The van der Waals surface area contributed by atoms with Crippen LogP contribution < -0.4 is 5.32 Å². The van der Waals surface area contributed by atoms with Gasteiger partial charge in [-0.25, -0.2) is 4.39 Å². The Hall–Kier alpha value is -1.67. The van der Waals surface area contributed by atoms with E-state index in [1.807, 2.05) is 12.1 Å². The van der Waals surface area contributed by atoms with Gasteiger partial charge < -0.3 is 5.32 Å². The summed E-state index contributed by atoms with van der Waals surface area (Å²) in [6.07, 6.45) is 2.22. The van der Waals surface area contributed by atoms with Gasteiger partial charge in [-0.05, 0) is 60.7 Å². The predicted molar refractivity (Wildman–Crippen MR) is 87.9 cm³/mol. The van der Waals surface area contributed by atoms with Crippen LogP contribution in [0.1, 0.15) is 43.9 Å². The standard InChI is InChI=1S/C19H24FN/c1-4-12-21-19(5-2)16-8-6-15(7-9-16)17-10-11-18(20)14(3)13-17/h6-11,13,19,21H,4-5,12H2,1-3H3. The van der Waals surface area contributed by atoms with Crippen LogP contribution in [-0.2, 0) is 0 Å². The zero-order chi connectivity index (χ0) is 15.2. The van der Waals surface area contributed by atoms with Crippen LogP contribution in [0.3, 0.4) is 0 Å². The van der Waals surface area contributed by atoms with Gasteiger partial charge in [0.15, 0.2) is 0 Å². The van der Waals surface area contributed by atoms with Crippen LogP contribution >= 0.6 is 0 Å². The molecule has 0 saturated carbocycles. The van der Waals surface area contributed by atoms with Crippen molar-refractivity contribution >= 4 is 0 Å². The summed E-state index contributed by atoms with van der Waals surface area (Å²) in [4.78, 5) is 0. The second kappa shape index (κ2) is 7.37. The first-order chi connectivity index (χ1) is 10.2. The van der Waals surface area contributed by atoms with Crippen LogP contribution in [0.4, 0.5) is 4.39 Å². The van der Waals surface area contributed by atoms with E-state index >= 15 is 0 Å². The Bertz CT molecular complexity index is 575. The molecule has 0 radical (unpaired) electrons. The molecule has 1 nitrogen and oxygen atoms in total. The molecule has 1 N–H and O–H groups in total. The Morgan fingerprint density at radius 3 is 2.24 bits per heavy atom. The van der Waals surface area contributed by atoms with Crippen LogP contribution in [0, 0.1) is 12.7 Å². The van der Waals surface area contributed by atoms with Gasteiger partial charge in [0.1, 0.15) is 5.82 Å². The van der Waals surface area contributed by atoms with Gasteiger partial charge >= 0.3 is 0 Å². The van der Waals surface area contributed by atoms with Gasteiger partial charge in [0.2, 0.25) is 0 Å². The van der Waals surface area contributed by atoms with E-state index in [1.54, 1.807) is 6.92 Å². The lowest BCUT2D eigenvalue weighted by Gasteiger charge is -2.17. The number of rotatable bonds is 6. The maximum absolute atomic E-state index is 13.3. The second-order valence-corrected chi connectivity index (χ2v) is 5.50. The molecule has 0 aliphatic heterocycles. The molecule has 0 aliphatic carbocycles. The highest BCUT2D eigenvalue weighted by Crippen LogP contribution is 2.24. The minimum Gasteiger partial charge on any atom is -0.310 e. The van der Waals surface area contributed by atoms with E-state index in [4.69, 9.17) is 0 Å². The molecule has 0 fully saturated rings. The first kappa shape index (κ1) is 15.7. The summed E-state index contributed by atoms with van der Waals surface area (Å²) in [5.74, 6) is -0.148. The third kappa shape index (κ3) is 3.92. The number of nitrogens with one attached hydrogen (secondary N) is 1. The smallest absolute Gasteiger partial charge is 0.126 e. The molecule has 112 valence electrons. The van der Waals surface area contributed by atoms with E-state index in [9.17, 15) is 4.39 Å². The molecule has 0 aromatic heterocycles. The molecule has 0 saturated heterocycles. The van der Waals surface area contributed by atoms with E-state index in [-0.39, 0.29) is 5.82 Å². The van der Waals surface area contributed by atoms with Crippen LogP contribution in [0.25, 0.3) is 11.1 Å². The molecule has 2 aromatic carbocycles. The Balaban J connectivity index is 2.19. The Kier molecular flexibility index (Phi) is 5.51. The molecule has 0 aliphatic rings. The average molecular weight is 285 g/mol. The normalized spacial score (nSPS) is 12.4. The summed E-state index contributed by atoms with van der Waals surface area (Å²) in [5.41, 5.74) is 4.20. The largest absolute Gasteiger partial charge is 0.310 e. The fraction of sp³-hybridized carbons (Fsp3) is 0.368. The third-order valence-electron chi connectivity index (χ3n) is 3.85. The van der Waals surface area contributed by atoms with Crippen LogP contribution in [-0.4, -0.2) is 6.54 Å². The van der Waals surface area contributed by atoms with E-state index in [1.165, 1.54) is 11.6 Å². The van der Waals surface area contributed by atoms with Crippen LogP contribution in [0.5, 0.6) is 0 Å². The Morgan fingerprint density at radius 2 is 1.67 bits per heavy atom. The van der Waals surface area contributed by atoms with Gasteiger partial charge in [-0.1, -0.05) is 44.2 Å². The van der Waals surface area contributed by atoms with Crippen molar-refractivity contribution in [3.8, 4) is 11.1 Å². The first-order valence-electron chi connectivity index (χ1n) is 7.75. The van der Waals surface area contributed by atoms with E-state index < -0.39 is 0 Å². The van der Waals surface area contributed by atoms with Gasteiger partial charge in [-0.15, -0.1) is 0 Å². The van der Waals surface area contributed by atoms with Crippen LogP contribution in [0.15, 0.2) is 42.5 Å². The second-order valence-electron chi connectivity index (χ2n) is 5.50. The number of halogens is 1. The Morgan fingerprint density at radius 1 is 1.00 bits per heavy atom. The fourth-order valence-electron chi connectivity index (χ4n) is 2.55. The zero-order valence-electron chi connectivity index (χ0n) is 13.1. The number of aryl methyl sites for hydroxylation is 1. The predicted octanol–water partition coefficient (Wildman–Crippen LogP) is 5.25.